The Hall–Kier alpha value is -0.500. The highest BCUT2D eigenvalue weighted by atomic mass is 35.5. The molecule has 0 rings (SSSR count). The molecule has 0 atom stereocenters. The zero-order valence-corrected chi connectivity index (χ0v) is 9.40. The minimum absolute atomic E-state index is 0.0856. The van der Waals surface area contributed by atoms with Crippen LogP contribution in [-0.4, -0.2) is 28.8 Å². The second-order valence-corrected chi connectivity index (χ2v) is 4.28. The summed E-state index contributed by atoms with van der Waals surface area (Å²) in [6, 6.07) is 0. The van der Waals surface area contributed by atoms with Gasteiger partial charge in [-0.05, 0) is 20.8 Å². The van der Waals surface area contributed by atoms with Crippen molar-refractivity contribution in [3.05, 3.63) is 12.7 Å². The summed E-state index contributed by atoms with van der Waals surface area (Å²) in [7, 11) is 0. The van der Waals surface area contributed by atoms with E-state index in [-0.39, 0.29) is 11.4 Å². The molecule has 1 amide bonds. The SMILES string of the molecule is C=CCN(C(=O)CCCl)C(C)(C)C. The van der Waals surface area contributed by atoms with Gasteiger partial charge in [0.15, 0.2) is 0 Å². The number of carbonyl (C=O) groups excluding carboxylic acids is 1. The number of hydrogen-bond donors (Lipinski definition) is 0. The van der Waals surface area contributed by atoms with Crippen molar-refractivity contribution in [2.75, 3.05) is 12.4 Å². The predicted molar refractivity (Wildman–Crippen MR) is 57.0 cm³/mol. The number of nitrogens with zero attached hydrogens (tertiary/aromatic N) is 1. The lowest BCUT2D eigenvalue weighted by atomic mass is 10.1. The first-order valence-electron chi connectivity index (χ1n) is 4.40. The molecule has 2 nitrogen and oxygen atoms in total. The molecule has 0 saturated carbocycles. The van der Waals surface area contributed by atoms with E-state index < -0.39 is 0 Å². The molecule has 0 heterocycles. The van der Waals surface area contributed by atoms with Crippen molar-refractivity contribution in [3.63, 3.8) is 0 Å². The lowest BCUT2D eigenvalue weighted by Gasteiger charge is -2.34. The van der Waals surface area contributed by atoms with Gasteiger partial charge in [0, 0.05) is 24.4 Å². The molecule has 0 aromatic carbocycles. The van der Waals surface area contributed by atoms with Gasteiger partial charge in [0.2, 0.25) is 5.91 Å². The van der Waals surface area contributed by atoms with Crippen LogP contribution in [0, 0.1) is 0 Å². The minimum atomic E-state index is -0.155. The number of halogens is 1. The molecule has 13 heavy (non-hydrogen) atoms. The smallest absolute Gasteiger partial charge is 0.224 e. The number of alkyl halides is 1. The standard InChI is InChI=1S/C10H18ClNO/c1-5-8-12(10(2,3)4)9(13)6-7-11/h5H,1,6-8H2,2-4H3. The van der Waals surface area contributed by atoms with Crippen LogP contribution in [0.25, 0.3) is 0 Å². The van der Waals surface area contributed by atoms with Crippen molar-refractivity contribution < 1.29 is 4.79 Å². The normalized spacial score (nSPS) is 11.1. The Morgan fingerprint density at radius 3 is 2.38 bits per heavy atom. The van der Waals surface area contributed by atoms with Crippen molar-refractivity contribution in [2.24, 2.45) is 0 Å². The Balaban J connectivity index is 4.41. The van der Waals surface area contributed by atoms with Crippen LogP contribution in [0.2, 0.25) is 0 Å². The Bertz CT molecular complexity index is 184. The molecule has 76 valence electrons. The van der Waals surface area contributed by atoms with E-state index >= 15 is 0 Å². The van der Waals surface area contributed by atoms with Crippen LogP contribution in [0.1, 0.15) is 27.2 Å². The first-order chi connectivity index (χ1) is 5.93. The average molecular weight is 204 g/mol. The molecule has 0 unspecified atom stereocenters. The highest BCUT2D eigenvalue weighted by molar-refractivity contribution is 6.18. The zero-order chi connectivity index (χ0) is 10.5. The van der Waals surface area contributed by atoms with E-state index in [1.807, 2.05) is 20.8 Å². The van der Waals surface area contributed by atoms with Crippen molar-refractivity contribution in [1.82, 2.24) is 4.90 Å². The van der Waals surface area contributed by atoms with Crippen LogP contribution in [0.4, 0.5) is 0 Å². The van der Waals surface area contributed by atoms with E-state index in [1.54, 1.807) is 11.0 Å². The molecule has 0 radical (unpaired) electrons. The summed E-state index contributed by atoms with van der Waals surface area (Å²) in [6.45, 7) is 10.2. The highest BCUT2D eigenvalue weighted by Gasteiger charge is 2.24. The molecule has 0 spiro atoms. The molecular weight excluding hydrogens is 186 g/mol. The second-order valence-electron chi connectivity index (χ2n) is 3.90. The fourth-order valence-electron chi connectivity index (χ4n) is 1.09. The van der Waals surface area contributed by atoms with Crippen molar-refractivity contribution in [3.8, 4) is 0 Å². The van der Waals surface area contributed by atoms with Gasteiger partial charge in [-0.15, -0.1) is 18.2 Å². The number of amides is 1. The highest BCUT2D eigenvalue weighted by Crippen LogP contribution is 2.14. The van der Waals surface area contributed by atoms with Gasteiger partial charge in [0.05, 0.1) is 0 Å². The third kappa shape index (κ3) is 4.32. The second kappa shape index (κ2) is 5.28. The number of rotatable bonds is 4. The fraction of sp³-hybridized carbons (Fsp3) is 0.700. The average Bonchev–Trinajstić information content (AvgIpc) is 1.98. The van der Waals surface area contributed by atoms with Crippen LogP contribution in [0.15, 0.2) is 12.7 Å². The van der Waals surface area contributed by atoms with Gasteiger partial charge in [-0.3, -0.25) is 4.79 Å². The van der Waals surface area contributed by atoms with Crippen LogP contribution < -0.4 is 0 Å². The van der Waals surface area contributed by atoms with Gasteiger partial charge in [-0.25, -0.2) is 0 Å². The summed E-state index contributed by atoms with van der Waals surface area (Å²) in [5.74, 6) is 0.463. The molecule has 0 aromatic rings. The maximum atomic E-state index is 11.6. The molecule has 0 N–H and O–H groups in total. The molecule has 0 aromatic heterocycles. The van der Waals surface area contributed by atoms with Gasteiger partial charge in [0.1, 0.15) is 0 Å². The predicted octanol–water partition coefficient (Wildman–Crippen LogP) is 2.43. The van der Waals surface area contributed by atoms with E-state index in [1.165, 1.54) is 0 Å². The molecule has 3 heteroatoms. The third-order valence-electron chi connectivity index (χ3n) is 1.73. The first-order valence-corrected chi connectivity index (χ1v) is 4.94. The Morgan fingerprint density at radius 2 is 2.08 bits per heavy atom. The number of carbonyl (C=O) groups is 1. The maximum Gasteiger partial charge on any atom is 0.224 e. The van der Waals surface area contributed by atoms with E-state index in [9.17, 15) is 4.79 Å². The van der Waals surface area contributed by atoms with Crippen molar-refractivity contribution in [1.29, 1.82) is 0 Å². The molecule has 0 aliphatic rings. The topological polar surface area (TPSA) is 20.3 Å². The minimum Gasteiger partial charge on any atom is -0.334 e. The third-order valence-corrected chi connectivity index (χ3v) is 1.92. The Labute approximate surface area is 85.6 Å². The van der Waals surface area contributed by atoms with E-state index in [0.29, 0.717) is 18.8 Å². The van der Waals surface area contributed by atoms with Gasteiger partial charge in [0.25, 0.3) is 0 Å². The summed E-state index contributed by atoms with van der Waals surface area (Å²) in [5.41, 5.74) is -0.155. The summed E-state index contributed by atoms with van der Waals surface area (Å²) in [5, 5.41) is 0. The van der Waals surface area contributed by atoms with Gasteiger partial charge in [-0.1, -0.05) is 6.08 Å². The maximum absolute atomic E-state index is 11.6. The Morgan fingerprint density at radius 1 is 1.54 bits per heavy atom. The van der Waals surface area contributed by atoms with Gasteiger partial charge < -0.3 is 4.90 Å². The fourth-order valence-corrected chi connectivity index (χ4v) is 1.26. The van der Waals surface area contributed by atoms with Crippen LogP contribution in [0.5, 0.6) is 0 Å². The van der Waals surface area contributed by atoms with Crippen LogP contribution in [0.3, 0.4) is 0 Å². The first kappa shape index (κ1) is 12.5. The lowest BCUT2D eigenvalue weighted by Crippen LogP contribution is -2.45. The molecular formula is C10H18ClNO. The largest absolute Gasteiger partial charge is 0.334 e. The molecule has 0 fully saturated rings. The van der Waals surface area contributed by atoms with E-state index in [0.717, 1.165) is 0 Å². The quantitative estimate of drug-likeness (QED) is 0.508. The molecule has 0 aliphatic heterocycles. The van der Waals surface area contributed by atoms with Crippen LogP contribution in [-0.2, 0) is 4.79 Å². The van der Waals surface area contributed by atoms with E-state index in [2.05, 4.69) is 6.58 Å². The molecule has 0 aliphatic carbocycles. The monoisotopic (exact) mass is 203 g/mol. The summed E-state index contributed by atoms with van der Waals surface area (Å²) >= 11 is 5.52. The van der Waals surface area contributed by atoms with Gasteiger partial charge in [-0.2, -0.15) is 0 Å². The summed E-state index contributed by atoms with van der Waals surface area (Å²) in [4.78, 5) is 13.4. The zero-order valence-electron chi connectivity index (χ0n) is 8.64. The molecule has 0 saturated heterocycles. The lowest BCUT2D eigenvalue weighted by molar-refractivity contribution is -0.134. The van der Waals surface area contributed by atoms with Gasteiger partial charge >= 0.3 is 0 Å². The van der Waals surface area contributed by atoms with Crippen LogP contribution >= 0.6 is 11.6 Å². The molecule has 0 bridgehead atoms. The Kier molecular flexibility index (Phi) is 5.07. The summed E-state index contributed by atoms with van der Waals surface area (Å²) < 4.78 is 0. The summed E-state index contributed by atoms with van der Waals surface area (Å²) in [6.07, 6.45) is 2.13. The number of hydrogen-bond acceptors (Lipinski definition) is 1. The van der Waals surface area contributed by atoms with Crippen molar-refractivity contribution in [2.45, 2.75) is 32.7 Å². The van der Waals surface area contributed by atoms with E-state index in [4.69, 9.17) is 11.6 Å². The van der Waals surface area contributed by atoms with Crippen molar-refractivity contribution >= 4 is 17.5 Å².